The minimum Gasteiger partial charge on any atom is -0.476 e. The molecule has 0 aliphatic carbocycles. The van der Waals surface area contributed by atoms with Gasteiger partial charge in [0.2, 0.25) is 11.8 Å². The van der Waals surface area contributed by atoms with Gasteiger partial charge in [-0.2, -0.15) is 9.97 Å². The van der Waals surface area contributed by atoms with E-state index < -0.39 is 37.0 Å². The topological polar surface area (TPSA) is 162 Å². The van der Waals surface area contributed by atoms with Crippen LogP contribution in [0.25, 0.3) is 11.2 Å². The number of aromatic nitrogens is 4. The van der Waals surface area contributed by atoms with Crippen molar-refractivity contribution >= 4 is 42.4 Å². The van der Waals surface area contributed by atoms with E-state index in [1.54, 1.807) is 25.3 Å². The number of ether oxygens (including phenoxy) is 3. The van der Waals surface area contributed by atoms with Crippen molar-refractivity contribution < 1.29 is 32.6 Å². The lowest BCUT2D eigenvalue weighted by Crippen LogP contribution is -2.41. The highest BCUT2D eigenvalue weighted by Crippen LogP contribution is 2.52. The Balaban J connectivity index is 1.83. The molecule has 1 aliphatic rings. The zero-order valence-electron chi connectivity index (χ0n) is 19.9. The van der Waals surface area contributed by atoms with Crippen molar-refractivity contribution in [1.29, 1.82) is 0 Å². The molecule has 15 heteroatoms. The summed E-state index contributed by atoms with van der Waals surface area (Å²) in [6.07, 6.45) is -0.566. The minimum absolute atomic E-state index is 0.00451. The van der Waals surface area contributed by atoms with Gasteiger partial charge in [-0.05, 0) is 34.6 Å². The fourth-order valence-corrected chi connectivity index (χ4v) is 5.17. The standard InChI is InChI=1S/C19H30ClN6O7P/c1-7-30-15-13-14(23-18(21)24-15)26(9-22-13)17-19(5,20)12(8-31-17)33-34(28,29-6)25-11(4)16(27)32-10(2)3/h9-12,17H,7-8H2,1-6H3,(H,25,28)(H2,21,23,24)/t11-,12-,17-,19-,34?/m1/s1. The number of rotatable bonds is 10. The molecule has 0 amide bonds. The number of anilines is 1. The number of nitrogen functional groups attached to an aromatic ring is 1. The first kappa shape index (κ1) is 26.6. The molecule has 1 saturated heterocycles. The fourth-order valence-electron chi connectivity index (χ4n) is 3.38. The van der Waals surface area contributed by atoms with Crippen molar-refractivity contribution in [2.24, 2.45) is 0 Å². The number of hydrogen-bond donors (Lipinski definition) is 2. The van der Waals surface area contributed by atoms with Gasteiger partial charge in [-0.15, -0.1) is 11.6 Å². The number of esters is 1. The van der Waals surface area contributed by atoms with Crippen molar-refractivity contribution in [3.05, 3.63) is 6.33 Å². The number of fused-ring (bicyclic) bond motifs is 1. The maximum atomic E-state index is 13.2. The first-order chi connectivity index (χ1) is 15.9. The monoisotopic (exact) mass is 520 g/mol. The highest BCUT2D eigenvalue weighted by atomic mass is 35.5. The molecule has 0 spiro atoms. The summed E-state index contributed by atoms with van der Waals surface area (Å²) in [5, 5.41) is 2.57. The molecule has 3 rings (SSSR count). The smallest absolute Gasteiger partial charge is 0.406 e. The highest BCUT2D eigenvalue weighted by molar-refractivity contribution is 7.51. The second-order valence-electron chi connectivity index (χ2n) is 8.09. The normalized spacial score (nSPS) is 25.4. The maximum absolute atomic E-state index is 13.2. The van der Waals surface area contributed by atoms with Crippen LogP contribution >= 0.6 is 19.3 Å². The third-order valence-corrected chi connectivity index (χ3v) is 7.17. The molecule has 2 aromatic heterocycles. The molecule has 1 unspecified atom stereocenters. The lowest BCUT2D eigenvalue weighted by molar-refractivity contribution is -0.149. The van der Waals surface area contributed by atoms with Crippen LogP contribution in [-0.4, -0.2) is 68.9 Å². The zero-order chi connectivity index (χ0) is 25.3. The third-order valence-electron chi connectivity index (χ3n) is 5.02. The molecule has 2 aromatic rings. The van der Waals surface area contributed by atoms with Gasteiger partial charge < -0.3 is 24.5 Å². The summed E-state index contributed by atoms with van der Waals surface area (Å²) in [4.78, 5) is 23.5. The van der Waals surface area contributed by atoms with Crippen LogP contribution in [0.2, 0.25) is 0 Å². The Morgan fingerprint density at radius 3 is 2.76 bits per heavy atom. The predicted molar refractivity (Wildman–Crippen MR) is 123 cm³/mol. The van der Waals surface area contributed by atoms with Gasteiger partial charge in [0.05, 0.1) is 25.6 Å². The van der Waals surface area contributed by atoms with Gasteiger partial charge in [0.1, 0.15) is 17.0 Å². The summed E-state index contributed by atoms with van der Waals surface area (Å²) in [7, 11) is -2.76. The van der Waals surface area contributed by atoms with E-state index in [-0.39, 0.29) is 24.5 Å². The summed E-state index contributed by atoms with van der Waals surface area (Å²) in [6.45, 7) is 8.72. The molecule has 0 aromatic carbocycles. The Hall–Kier alpha value is -2.02. The number of hydrogen-bond acceptors (Lipinski definition) is 11. The van der Waals surface area contributed by atoms with Crippen LogP contribution in [-0.2, 0) is 27.9 Å². The average molecular weight is 521 g/mol. The Labute approximate surface area is 202 Å². The first-order valence-corrected chi connectivity index (χ1v) is 12.6. The van der Waals surface area contributed by atoms with Gasteiger partial charge in [-0.3, -0.25) is 13.9 Å². The van der Waals surface area contributed by atoms with Gasteiger partial charge in [0.15, 0.2) is 17.4 Å². The number of nitrogens with two attached hydrogens (primary N) is 1. The maximum Gasteiger partial charge on any atom is 0.406 e. The largest absolute Gasteiger partial charge is 0.476 e. The van der Waals surface area contributed by atoms with E-state index >= 15 is 0 Å². The van der Waals surface area contributed by atoms with Crippen molar-refractivity contribution in [3.8, 4) is 5.88 Å². The van der Waals surface area contributed by atoms with E-state index in [0.29, 0.717) is 17.8 Å². The second-order valence-corrected chi connectivity index (χ2v) is 10.7. The van der Waals surface area contributed by atoms with Crippen LogP contribution in [0.3, 0.4) is 0 Å². The fraction of sp³-hybridized carbons (Fsp3) is 0.684. The van der Waals surface area contributed by atoms with Crippen LogP contribution in [0.1, 0.15) is 40.8 Å². The molecule has 34 heavy (non-hydrogen) atoms. The third kappa shape index (κ3) is 5.45. The van der Waals surface area contributed by atoms with E-state index in [4.69, 9.17) is 40.6 Å². The van der Waals surface area contributed by atoms with E-state index in [0.717, 1.165) is 0 Å². The van der Waals surface area contributed by atoms with E-state index in [2.05, 4.69) is 20.0 Å². The number of nitrogens with zero attached hydrogens (tertiary/aromatic N) is 4. The number of nitrogens with one attached hydrogen (secondary N) is 1. The molecular formula is C19H30ClN6O7P. The van der Waals surface area contributed by atoms with Crippen LogP contribution in [0.5, 0.6) is 5.88 Å². The van der Waals surface area contributed by atoms with Crippen LogP contribution < -0.4 is 15.6 Å². The molecule has 0 radical (unpaired) electrons. The van der Waals surface area contributed by atoms with E-state index in [1.807, 2.05) is 6.92 Å². The Kier molecular flexibility index (Phi) is 8.06. The molecule has 1 fully saturated rings. The number of carbonyl (C=O) groups excluding carboxylic acids is 1. The minimum atomic E-state index is -3.96. The lowest BCUT2D eigenvalue weighted by atomic mass is 10.1. The van der Waals surface area contributed by atoms with Crippen molar-refractivity contribution in [2.45, 2.75) is 64.0 Å². The highest BCUT2D eigenvalue weighted by Gasteiger charge is 2.52. The number of imidazole rings is 1. The average Bonchev–Trinajstić information content (AvgIpc) is 3.27. The lowest BCUT2D eigenvalue weighted by Gasteiger charge is -2.31. The molecule has 0 saturated carbocycles. The van der Waals surface area contributed by atoms with E-state index in [1.165, 1.54) is 20.4 Å². The molecule has 0 bridgehead atoms. The summed E-state index contributed by atoms with van der Waals surface area (Å²) < 4.78 is 42.2. The number of alkyl halides is 1. The first-order valence-electron chi connectivity index (χ1n) is 10.7. The van der Waals surface area contributed by atoms with Crippen molar-refractivity contribution in [2.75, 3.05) is 26.1 Å². The van der Waals surface area contributed by atoms with Crippen molar-refractivity contribution in [3.63, 3.8) is 0 Å². The SMILES string of the molecule is CCOc1nc(N)nc2c1ncn2[C@@H]1OC[C@@H](OP(=O)(N[C@H](C)C(=O)OC(C)C)OC)[C@@]1(C)Cl. The molecule has 1 aliphatic heterocycles. The quantitative estimate of drug-likeness (QED) is 0.267. The molecule has 3 N–H and O–H groups in total. The predicted octanol–water partition coefficient (Wildman–Crippen LogP) is 2.40. The van der Waals surface area contributed by atoms with Gasteiger partial charge in [-0.25, -0.2) is 14.6 Å². The molecule has 13 nitrogen and oxygen atoms in total. The van der Waals surface area contributed by atoms with Crippen LogP contribution in [0.4, 0.5) is 5.95 Å². The molecule has 5 atom stereocenters. The number of carbonyl (C=O) groups is 1. The molecule has 3 heterocycles. The van der Waals surface area contributed by atoms with E-state index in [9.17, 15) is 9.36 Å². The Morgan fingerprint density at radius 1 is 1.44 bits per heavy atom. The summed E-state index contributed by atoms with van der Waals surface area (Å²) in [5.74, 6) is -0.367. The van der Waals surface area contributed by atoms with Crippen LogP contribution in [0, 0.1) is 0 Å². The summed E-state index contributed by atoms with van der Waals surface area (Å²) >= 11 is 6.86. The summed E-state index contributed by atoms with van der Waals surface area (Å²) in [6, 6.07) is -0.956. The second kappa shape index (κ2) is 10.3. The van der Waals surface area contributed by atoms with Gasteiger partial charge in [-0.1, -0.05) is 0 Å². The Morgan fingerprint density at radius 2 is 2.15 bits per heavy atom. The molecule has 190 valence electrons. The van der Waals surface area contributed by atoms with Gasteiger partial charge in [0.25, 0.3) is 0 Å². The summed E-state index contributed by atoms with van der Waals surface area (Å²) in [5.41, 5.74) is 6.58. The van der Waals surface area contributed by atoms with Gasteiger partial charge >= 0.3 is 13.7 Å². The zero-order valence-corrected chi connectivity index (χ0v) is 21.5. The van der Waals surface area contributed by atoms with Crippen LogP contribution in [0.15, 0.2) is 6.33 Å². The molecular weight excluding hydrogens is 491 g/mol. The van der Waals surface area contributed by atoms with Gasteiger partial charge in [0, 0.05) is 7.11 Å². The number of halogens is 1. The van der Waals surface area contributed by atoms with Crippen molar-refractivity contribution in [1.82, 2.24) is 24.6 Å². The Bertz CT molecular complexity index is 1080.